The van der Waals surface area contributed by atoms with Gasteiger partial charge >= 0.3 is 5.97 Å². The first kappa shape index (κ1) is 16.4. The zero-order valence-corrected chi connectivity index (χ0v) is 14.7. The van der Waals surface area contributed by atoms with E-state index in [1.807, 2.05) is 6.92 Å². The molecular weight excluding hydrogens is 286 g/mol. The molecule has 0 amide bonds. The van der Waals surface area contributed by atoms with Crippen LogP contribution >= 0.6 is 0 Å². The van der Waals surface area contributed by atoms with Gasteiger partial charge in [-0.3, -0.25) is 4.79 Å². The Morgan fingerprint density at radius 2 is 2.04 bits per heavy atom. The molecule has 1 aliphatic heterocycles. The summed E-state index contributed by atoms with van der Waals surface area (Å²) in [6.45, 7) is 7.21. The highest BCUT2D eigenvalue weighted by molar-refractivity contribution is 5.78. The van der Waals surface area contributed by atoms with Gasteiger partial charge in [-0.2, -0.15) is 0 Å². The van der Waals surface area contributed by atoms with E-state index < -0.39 is 0 Å². The van der Waals surface area contributed by atoms with Crippen molar-refractivity contribution < 1.29 is 9.53 Å². The maximum Gasteiger partial charge on any atom is 0.325 e. The largest absolute Gasteiger partial charge is 0.465 e. The molecule has 1 aromatic rings. The summed E-state index contributed by atoms with van der Waals surface area (Å²) in [5.41, 5.74) is 4.09. The second kappa shape index (κ2) is 6.54. The van der Waals surface area contributed by atoms with E-state index in [9.17, 15) is 4.79 Å². The number of anilines is 1. The summed E-state index contributed by atoms with van der Waals surface area (Å²) in [6.07, 6.45) is 7.42. The summed E-state index contributed by atoms with van der Waals surface area (Å²) in [6, 6.07) is 6.69. The Labute approximate surface area is 140 Å². The van der Waals surface area contributed by atoms with Gasteiger partial charge in [0.05, 0.1) is 6.61 Å². The van der Waals surface area contributed by atoms with Crippen molar-refractivity contribution in [2.75, 3.05) is 18.1 Å². The summed E-state index contributed by atoms with van der Waals surface area (Å²) in [5, 5.41) is 0. The van der Waals surface area contributed by atoms with Gasteiger partial charge in [-0.05, 0) is 50.7 Å². The van der Waals surface area contributed by atoms with Crippen molar-refractivity contribution in [3.63, 3.8) is 0 Å². The Bertz CT molecular complexity index is 575. The maximum absolute atomic E-state index is 12.2. The molecule has 0 saturated heterocycles. The number of benzene rings is 1. The molecule has 0 N–H and O–H groups in total. The lowest BCUT2D eigenvalue weighted by Gasteiger charge is -2.53. The highest BCUT2D eigenvalue weighted by atomic mass is 16.5. The summed E-state index contributed by atoms with van der Waals surface area (Å²) >= 11 is 0. The number of fused-ring (bicyclic) bond motifs is 1. The van der Waals surface area contributed by atoms with E-state index in [1.165, 1.54) is 48.9 Å². The topological polar surface area (TPSA) is 29.5 Å². The van der Waals surface area contributed by atoms with E-state index in [0.29, 0.717) is 19.1 Å². The molecular formula is C20H29NO2. The Morgan fingerprint density at radius 1 is 1.30 bits per heavy atom. The molecule has 0 radical (unpaired) electrons. The maximum atomic E-state index is 12.2. The molecule has 23 heavy (non-hydrogen) atoms. The lowest BCUT2D eigenvalue weighted by atomic mass is 9.70. The molecule has 0 bridgehead atoms. The highest BCUT2D eigenvalue weighted by Crippen LogP contribution is 2.49. The Balaban J connectivity index is 2.00. The fraction of sp³-hybridized carbons (Fsp3) is 0.650. The molecule has 3 nitrogen and oxygen atoms in total. The van der Waals surface area contributed by atoms with Crippen LogP contribution in [-0.4, -0.2) is 24.7 Å². The average molecular weight is 315 g/mol. The number of carbonyl (C=O) groups excluding carboxylic acids is 1. The minimum atomic E-state index is -0.0986. The zero-order valence-electron chi connectivity index (χ0n) is 14.7. The zero-order chi connectivity index (χ0) is 16.4. The van der Waals surface area contributed by atoms with E-state index in [1.54, 1.807) is 0 Å². The quantitative estimate of drug-likeness (QED) is 0.765. The molecule has 1 spiro atoms. The lowest BCUT2D eigenvalue weighted by molar-refractivity contribution is -0.141. The number of carbonyl (C=O) groups is 1. The number of rotatable bonds is 3. The first-order valence-electron chi connectivity index (χ1n) is 9.09. The van der Waals surface area contributed by atoms with Gasteiger partial charge in [-0.15, -0.1) is 0 Å². The van der Waals surface area contributed by atoms with E-state index in [2.05, 4.69) is 36.9 Å². The summed E-state index contributed by atoms with van der Waals surface area (Å²) < 4.78 is 5.26. The molecule has 1 aromatic carbocycles. The van der Waals surface area contributed by atoms with Crippen molar-refractivity contribution in [3.05, 3.63) is 29.3 Å². The standard InChI is InChI=1S/C20H29NO2/c1-4-23-19(22)14-21-18-9-8-15(2)12-17(18)16(3)13-20(21)10-6-5-7-11-20/h8-9,12,16H,4-7,10-11,13-14H2,1-3H3. The van der Waals surface area contributed by atoms with Crippen LogP contribution in [0.5, 0.6) is 0 Å². The summed E-state index contributed by atoms with van der Waals surface area (Å²) in [4.78, 5) is 14.6. The van der Waals surface area contributed by atoms with Gasteiger partial charge in [0, 0.05) is 11.2 Å². The van der Waals surface area contributed by atoms with Gasteiger partial charge < -0.3 is 9.64 Å². The fourth-order valence-electron chi connectivity index (χ4n) is 4.63. The Hall–Kier alpha value is -1.51. The van der Waals surface area contributed by atoms with Crippen molar-refractivity contribution in [2.45, 2.75) is 70.8 Å². The molecule has 1 aliphatic carbocycles. The number of esters is 1. The predicted octanol–water partition coefficient (Wildman–Crippen LogP) is 4.57. The molecule has 1 heterocycles. The fourth-order valence-corrected chi connectivity index (χ4v) is 4.63. The van der Waals surface area contributed by atoms with Crippen LogP contribution in [0.4, 0.5) is 5.69 Å². The van der Waals surface area contributed by atoms with Gasteiger partial charge in [0.1, 0.15) is 6.54 Å². The van der Waals surface area contributed by atoms with Crippen LogP contribution in [0.25, 0.3) is 0 Å². The SMILES string of the molecule is CCOC(=O)CN1c2ccc(C)cc2C(C)CC12CCCCC2. The Kier molecular flexibility index (Phi) is 4.65. The van der Waals surface area contributed by atoms with E-state index in [-0.39, 0.29) is 11.5 Å². The van der Waals surface area contributed by atoms with Crippen LogP contribution in [0, 0.1) is 6.92 Å². The van der Waals surface area contributed by atoms with Gasteiger partial charge in [0.25, 0.3) is 0 Å². The molecule has 3 rings (SSSR count). The molecule has 1 atom stereocenters. The first-order chi connectivity index (χ1) is 11.1. The minimum Gasteiger partial charge on any atom is -0.465 e. The van der Waals surface area contributed by atoms with Crippen molar-refractivity contribution in [2.24, 2.45) is 0 Å². The van der Waals surface area contributed by atoms with Crippen LogP contribution in [-0.2, 0) is 9.53 Å². The van der Waals surface area contributed by atoms with Gasteiger partial charge in [0.2, 0.25) is 0 Å². The van der Waals surface area contributed by atoms with Crippen LogP contribution in [0.15, 0.2) is 18.2 Å². The van der Waals surface area contributed by atoms with E-state index in [4.69, 9.17) is 4.74 Å². The van der Waals surface area contributed by atoms with Crippen LogP contribution < -0.4 is 4.90 Å². The molecule has 1 unspecified atom stereocenters. The molecule has 1 saturated carbocycles. The van der Waals surface area contributed by atoms with Crippen LogP contribution in [0.2, 0.25) is 0 Å². The van der Waals surface area contributed by atoms with Crippen molar-refractivity contribution in [3.8, 4) is 0 Å². The number of ether oxygens (including phenoxy) is 1. The van der Waals surface area contributed by atoms with Crippen molar-refractivity contribution in [1.82, 2.24) is 0 Å². The number of nitrogens with zero attached hydrogens (tertiary/aromatic N) is 1. The molecule has 3 heteroatoms. The third-order valence-corrected chi connectivity index (χ3v) is 5.64. The monoisotopic (exact) mass is 315 g/mol. The summed E-state index contributed by atoms with van der Waals surface area (Å²) in [7, 11) is 0. The molecule has 126 valence electrons. The predicted molar refractivity (Wildman–Crippen MR) is 94.0 cm³/mol. The molecule has 2 aliphatic rings. The second-order valence-electron chi connectivity index (χ2n) is 7.34. The van der Waals surface area contributed by atoms with Crippen molar-refractivity contribution in [1.29, 1.82) is 0 Å². The van der Waals surface area contributed by atoms with Gasteiger partial charge in [-0.25, -0.2) is 0 Å². The highest BCUT2D eigenvalue weighted by Gasteiger charge is 2.44. The number of hydrogen-bond donors (Lipinski definition) is 0. The number of aryl methyl sites for hydroxylation is 1. The second-order valence-corrected chi connectivity index (χ2v) is 7.34. The Morgan fingerprint density at radius 3 is 2.74 bits per heavy atom. The third kappa shape index (κ3) is 3.11. The summed E-state index contributed by atoms with van der Waals surface area (Å²) in [5.74, 6) is 0.458. The van der Waals surface area contributed by atoms with Crippen molar-refractivity contribution >= 4 is 11.7 Å². The molecule has 0 aromatic heterocycles. The number of hydrogen-bond acceptors (Lipinski definition) is 3. The minimum absolute atomic E-state index is 0.0986. The van der Waals surface area contributed by atoms with Gasteiger partial charge in [0.15, 0.2) is 0 Å². The van der Waals surface area contributed by atoms with Crippen LogP contribution in [0.1, 0.15) is 69.4 Å². The lowest BCUT2D eigenvalue weighted by Crippen LogP contribution is -2.55. The van der Waals surface area contributed by atoms with Crippen LogP contribution in [0.3, 0.4) is 0 Å². The van der Waals surface area contributed by atoms with Gasteiger partial charge in [-0.1, -0.05) is 43.9 Å². The third-order valence-electron chi connectivity index (χ3n) is 5.64. The first-order valence-corrected chi connectivity index (χ1v) is 9.09. The average Bonchev–Trinajstić information content (AvgIpc) is 2.53. The van der Waals surface area contributed by atoms with E-state index >= 15 is 0 Å². The smallest absolute Gasteiger partial charge is 0.325 e. The molecule has 1 fully saturated rings. The van der Waals surface area contributed by atoms with E-state index in [0.717, 1.165) is 6.42 Å². The normalized spacial score (nSPS) is 22.7.